The quantitative estimate of drug-likeness (QED) is 0.219. The van der Waals surface area contributed by atoms with Gasteiger partial charge in [0.25, 0.3) is 5.91 Å². The molecule has 9 atom stereocenters. The van der Waals surface area contributed by atoms with Crippen molar-refractivity contribution in [3.05, 3.63) is 69.5 Å². The molecule has 1 amide bonds. The number of phenols is 2. The van der Waals surface area contributed by atoms with Gasteiger partial charge in [0, 0.05) is 46.8 Å². The number of aliphatic hydroxyl groups excluding tert-OH is 5. The average molecular weight is 656 g/mol. The zero-order valence-corrected chi connectivity index (χ0v) is 27.6. The Kier molecular flexibility index (Phi) is 11.9. The molecule has 12 heteroatoms. The van der Waals surface area contributed by atoms with Crippen LogP contribution in [0.3, 0.4) is 0 Å². The van der Waals surface area contributed by atoms with Crippen LogP contribution in [0.5, 0.6) is 11.5 Å². The molecule has 4 bridgehead atoms. The lowest BCUT2D eigenvalue weighted by atomic mass is 9.76. The van der Waals surface area contributed by atoms with Crippen LogP contribution in [0.25, 0.3) is 0 Å². The molecule has 4 rings (SSSR count). The maximum atomic E-state index is 13.8. The zero-order valence-electron chi connectivity index (χ0n) is 27.6. The maximum absolute atomic E-state index is 13.8. The van der Waals surface area contributed by atoms with Gasteiger partial charge in [-0.15, -0.1) is 0 Å². The average Bonchev–Trinajstić information content (AvgIpc) is 3.04. The number of ketones is 3. The number of rotatable bonds is 1. The monoisotopic (exact) mass is 655 g/mol. The minimum absolute atomic E-state index is 0.117. The number of carbonyl (C=O) groups excluding carboxylic acids is 4. The lowest BCUT2D eigenvalue weighted by Crippen LogP contribution is -2.46. The van der Waals surface area contributed by atoms with Crippen molar-refractivity contribution in [2.75, 3.05) is 6.61 Å². The molecule has 1 aromatic carbocycles. The van der Waals surface area contributed by atoms with E-state index >= 15 is 0 Å². The third kappa shape index (κ3) is 7.31. The molecule has 2 heterocycles. The second-order valence-electron chi connectivity index (χ2n) is 12.8. The fourth-order valence-electron chi connectivity index (χ4n) is 6.11. The summed E-state index contributed by atoms with van der Waals surface area (Å²) in [4.78, 5) is 53.6. The topological polar surface area (TPSA) is 222 Å². The highest BCUT2D eigenvalue weighted by atomic mass is 16.3. The van der Waals surface area contributed by atoms with Gasteiger partial charge in [-0.1, -0.05) is 52.0 Å². The van der Waals surface area contributed by atoms with Gasteiger partial charge < -0.3 is 41.1 Å². The van der Waals surface area contributed by atoms with E-state index in [0.717, 1.165) is 6.08 Å². The number of hydrogen-bond donors (Lipinski definition) is 8. The molecule has 1 unspecified atom stereocenters. The van der Waals surface area contributed by atoms with Gasteiger partial charge in [-0.2, -0.15) is 0 Å². The Hall–Kier alpha value is -3.94. The number of benzene rings is 1. The van der Waals surface area contributed by atoms with Gasteiger partial charge in [0.05, 0.1) is 53.4 Å². The van der Waals surface area contributed by atoms with E-state index in [9.17, 15) is 54.9 Å². The summed E-state index contributed by atoms with van der Waals surface area (Å²) in [5.74, 6) is -9.29. The van der Waals surface area contributed by atoms with Crippen LogP contribution in [-0.4, -0.2) is 90.0 Å². The third-order valence-electron chi connectivity index (χ3n) is 9.51. The molecular weight excluding hydrogens is 610 g/mol. The van der Waals surface area contributed by atoms with E-state index in [4.69, 9.17) is 0 Å². The molecule has 12 nitrogen and oxygen atoms in total. The normalized spacial score (nSPS) is 34.6. The number of Topliss-reactive ketones (excluding diaryl/α,β-unsaturated/α-hetero) is 2. The van der Waals surface area contributed by atoms with Crippen molar-refractivity contribution < 1.29 is 54.9 Å². The van der Waals surface area contributed by atoms with Crippen molar-refractivity contribution in [2.24, 2.45) is 29.6 Å². The van der Waals surface area contributed by atoms with Gasteiger partial charge in [0.1, 0.15) is 11.5 Å². The third-order valence-corrected chi connectivity index (χ3v) is 9.51. The van der Waals surface area contributed by atoms with E-state index in [1.54, 1.807) is 26.8 Å². The van der Waals surface area contributed by atoms with Crippen molar-refractivity contribution >= 4 is 23.3 Å². The Morgan fingerprint density at radius 1 is 0.702 bits per heavy atom. The molecule has 0 aromatic heterocycles. The standard InChI is InChI=1S/C35H45NO11/c1-14-9-8-10-15(2)35(47)36-22-12-23(38)24-25(32(44)20(7)33(45)26(24)34(22)46)28(40)16(3)11-21(13-37)31(43)19(6)30(42)18(5)29(41)17(4)27(14)39/h8-12,14,17-19,21,27,29-31,37,39,41-45H,13H2,1-7H3,(H,36,47)/b9-8-,15-10-,16-11-/t14-,17+,18+,19-,21?,27-,29+,30-,31+/m0/s1. The van der Waals surface area contributed by atoms with Crippen molar-refractivity contribution in [3.63, 3.8) is 0 Å². The molecule has 0 fully saturated rings. The lowest BCUT2D eigenvalue weighted by molar-refractivity contribution is -0.116. The van der Waals surface area contributed by atoms with E-state index < -0.39 is 118 Å². The molecule has 0 spiro atoms. The molecule has 3 aliphatic rings. The first-order valence-electron chi connectivity index (χ1n) is 15.5. The highest BCUT2D eigenvalue weighted by Crippen LogP contribution is 2.41. The Morgan fingerprint density at radius 3 is 1.77 bits per heavy atom. The van der Waals surface area contributed by atoms with Crippen LogP contribution in [0.2, 0.25) is 0 Å². The molecule has 1 aromatic rings. The molecule has 0 saturated heterocycles. The molecule has 2 aliphatic heterocycles. The first kappa shape index (κ1) is 37.5. The summed E-state index contributed by atoms with van der Waals surface area (Å²) in [6, 6.07) is 0. The number of phenolic OH excluding ortho intramolecular Hbond substituents is 2. The second kappa shape index (κ2) is 14.9. The fraction of sp³-hybridized carbons (Fsp3) is 0.486. The number of aliphatic hydroxyl groups is 5. The Bertz CT molecular complexity index is 1570. The predicted molar refractivity (Wildman–Crippen MR) is 172 cm³/mol. The van der Waals surface area contributed by atoms with Crippen LogP contribution in [-0.2, 0) is 4.79 Å². The van der Waals surface area contributed by atoms with Crippen LogP contribution in [0.1, 0.15) is 78.2 Å². The number of nitrogens with one attached hydrogen (secondary N) is 1. The lowest BCUT2D eigenvalue weighted by Gasteiger charge is -2.37. The van der Waals surface area contributed by atoms with Gasteiger partial charge in [0.2, 0.25) is 5.78 Å². The summed E-state index contributed by atoms with van der Waals surface area (Å²) in [5, 5.41) is 78.6. The molecule has 0 saturated carbocycles. The van der Waals surface area contributed by atoms with Gasteiger partial charge in [0.15, 0.2) is 11.6 Å². The van der Waals surface area contributed by atoms with E-state index in [1.807, 2.05) is 0 Å². The SMILES string of the molecule is C/C1=C/C=C\[C@H](C)[C@H](O)[C@@H](C)[C@@H](O)[C@@H](C)[C@H](O)[C@H](C)[C@@H](O)C(CO)/C=C(/C)C(=O)c2c(O)c(C)c(O)c3c2C(=O)C=C(NC1=O)C3=O. The van der Waals surface area contributed by atoms with Gasteiger partial charge in [-0.25, -0.2) is 0 Å². The van der Waals surface area contributed by atoms with Crippen LogP contribution < -0.4 is 5.32 Å². The molecule has 256 valence electrons. The fourth-order valence-corrected chi connectivity index (χ4v) is 6.11. The maximum Gasteiger partial charge on any atom is 0.251 e. The first-order chi connectivity index (χ1) is 21.9. The van der Waals surface area contributed by atoms with E-state index in [2.05, 4.69) is 5.32 Å². The summed E-state index contributed by atoms with van der Waals surface area (Å²) in [5.41, 5.74) is -2.50. The van der Waals surface area contributed by atoms with Crippen LogP contribution >= 0.6 is 0 Å². The molecule has 1 aliphatic carbocycles. The number of allylic oxidation sites excluding steroid dienone is 5. The number of hydrogen-bond acceptors (Lipinski definition) is 11. The molecular formula is C35H45NO11. The molecule has 47 heavy (non-hydrogen) atoms. The predicted octanol–water partition coefficient (Wildman–Crippen LogP) is 2.03. The highest BCUT2D eigenvalue weighted by molar-refractivity contribution is 6.31. The summed E-state index contributed by atoms with van der Waals surface area (Å²) in [6.45, 7) is 9.69. The van der Waals surface area contributed by atoms with Crippen LogP contribution in [0.4, 0.5) is 0 Å². The van der Waals surface area contributed by atoms with E-state index in [0.29, 0.717) is 0 Å². The highest BCUT2D eigenvalue weighted by Gasteiger charge is 2.40. The zero-order chi connectivity index (χ0) is 35.7. The summed E-state index contributed by atoms with van der Waals surface area (Å²) in [6.07, 6.45) is 1.49. The first-order valence-corrected chi connectivity index (χ1v) is 15.5. The Morgan fingerprint density at radius 2 is 1.21 bits per heavy atom. The minimum atomic E-state index is -1.44. The number of amides is 1. The summed E-state index contributed by atoms with van der Waals surface area (Å²) in [7, 11) is 0. The van der Waals surface area contributed by atoms with Gasteiger partial charge in [-0.05, 0) is 26.3 Å². The summed E-state index contributed by atoms with van der Waals surface area (Å²) >= 11 is 0. The minimum Gasteiger partial charge on any atom is -0.507 e. The van der Waals surface area contributed by atoms with Crippen LogP contribution in [0, 0.1) is 36.5 Å². The van der Waals surface area contributed by atoms with Crippen molar-refractivity contribution in [3.8, 4) is 11.5 Å². The van der Waals surface area contributed by atoms with Crippen molar-refractivity contribution in [2.45, 2.75) is 72.9 Å². The van der Waals surface area contributed by atoms with E-state index in [1.165, 1.54) is 45.9 Å². The van der Waals surface area contributed by atoms with Crippen molar-refractivity contribution in [1.29, 1.82) is 0 Å². The molecule has 8 N–H and O–H groups in total. The van der Waals surface area contributed by atoms with Gasteiger partial charge in [-0.3, -0.25) is 19.2 Å². The smallest absolute Gasteiger partial charge is 0.251 e. The Balaban J connectivity index is 2.23. The summed E-state index contributed by atoms with van der Waals surface area (Å²) < 4.78 is 0. The van der Waals surface area contributed by atoms with Crippen molar-refractivity contribution in [1.82, 2.24) is 5.32 Å². The molecule has 0 radical (unpaired) electrons. The van der Waals surface area contributed by atoms with Crippen LogP contribution in [0.15, 0.2) is 47.2 Å². The Labute approximate surface area is 273 Å². The second-order valence-corrected chi connectivity index (χ2v) is 12.8. The largest absolute Gasteiger partial charge is 0.507 e. The number of aromatic hydroxyl groups is 2. The number of carbonyl (C=O) groups is 4. The van der Waals surface area contributed by atoms with Gasteiger partial charge >= 0.3 is 0 Å². The van der Waals surface area contributed by atoms with E-state index in [-0.39, 0.29) is 16.7 Å². The number of fused-ring (bicyclic) bond motifs is 15.